The smallest absolute Gasteiger partial charge is 0.316 e. The van der Waals surface area contributed by atoms with Gasteiger partial charge < -0.3 is 10.5 Å². The lowest BCUT2D eigenvalue weighted by Crippen LogP contribution is -2.34. The summed E-state index contributed by atoms with van der Waals surface area (Å²) >= 11 is 0. The molecule has 0 aromatic heterocycles. The number of cyclic esters (lactones) is 1. The molecule has 1 heterocycles. The highest BCUT2D eigenvalue weighted by Crippen LogP contribution is 2.32. The van der Waals surface area contributed by atoms with Crippen molar-refractivity contribution in [2.75, 3.05) is 6.61 Å². The normalized spacial score (nSPS) is 17.2. The quantitative estimate of drug-likeness (QED) is 0.866. The van der Waals surface area contributed by atoms with Crippen LogP contribution in [0.25, 0.3) is 11.1 Å². The van der Waals surface area contributed by atoms with Gasteiger partial charge in [-0.05, 0) is 28.8 Å². The molecule has 1 saturated heterocycles. The zero-order valence-corrected chi connectivity index (χ0v) is 10.7. The van der Waals surface area contributed by atoms with Gasteiger partial charge in [0.2, 0.25) is 5.91 Å². The Labute approximate surface area is 116 Å². The Balaban J connectivity index is 2.09. The van der Waals surface area contributed by atoms with E-state index in [2.05, 4.69) is 0 Å². The van der Waals surface area contributed by atoms with Crippen LogP contribution in [0.3, 0.4) is 0 Å². The van der Waals surface area contributed by atoms with Crippen LogP contribution in [-0.4, -0.2) is 18.5 Å². The van der Waals surface area contributed by atoms with Crippen LogP contribution in [0.2, 0.25) is 0 Å². The van der Waals surface area contributed by atoms with Gasteiger partial charge in [0.05, 0.1) is 0 Å². The van der Waals surface area contributed by atoms with E-state index in [1.165, 1.54) is 0 Å². The zero-order valence-electron chi connectivity index (χ0n) is 10.7. The maximum absolute atomic E-state index is 11.5. The third-order valence-corrected chi connectivity index (χ3v) is 3.48. The first-order valence-electron chi connectivity index (χ1n) is 6.32. The molecular weight excluding hydrogens is 254 g/mol. The minimum Gasteiger partial charge on any atom is -0.464 e. The highest BCUT2D eigenvalue weighted by Gasteiger charge is 2.35. The largest absolute Gasteiger partial charge is 0.464 e. The van der Waals surface area contributed by atoms with Crippen LogP contribution in [0.5, 0.6) is 0 Å². The molecule has 1 fully saturated rings. The molecule has 2 aromatic rings. The Morgan fingerprint density at radius 1 is 1.10 bits per heavy atom. The van der Waals surface area contributed by atoms with Crippen molar-refractivity contribution in [2.24, 2.45) is 5.73 Å². The molecule has 2 N–H and O–H groups in total. The number of benzene rings is 2. The van der Waals surface area contributed by atoms with E-state index in [1.807, 2.05) is 42.5 Å². The number of primary amides is 1. The molecule has 0 bridgehead atoms. The van der Waals surface area contributed by atoms with Crippen LogP contribution in [0, 0.1) is 0 Å². The van der Waals surface area contributed by atoms with Gasteiger partial charge in [0.25, 0.3) is 0 Å². The lowest BCUT2D eigenvalue weighted by Gasteiger charge is -2.26. The number of esters is 1. The highest BCUT2D eigenvalue weighted by molar-refractivity contribution is 5.98. The van der Waals surface area contributed by atoms with E-state index in [0.717, 1.165) is 11.1 Å². The van der Waals surface area contributed by atoms with Gasteiger partial charge in [0, 0.05) is 5.56 Å². The molecule has 1 amide bonds. The fourth-order valence-electron chi connectivity index (χ4n) is 2.34. The summed E-state index contributed by atoms with van der Waals surface area (Å²) in [6, 6.07) is 15.1. The first-order valence-corrected chi connectivity index (χ1v) is 6.32. The number of rotatable bonds is 3. The van der Waals surface area contributed by atoms with Crippen molar-refractivity contribution in [3.63, 3.8) is 0 Å². The molecule has 100 valence electrons. The first kappa shape index (κ1) is 12.4. The molecule has 4 heteroatoms. The van der Waals surface area contributed by atoms with Gasteiger partial charge in [-0.1, -0.05) is 36.4 Å². The van der Waals surface area contributed by atoms with Gasteiger partial charge >= 0.3 is 5.97 Å². The van der Waals surface area contributed by atoms with Crippen LogP contribution >= 0.6 is 0 Å². The molecule has 0 saturated carbocycles. The van der Waals surface area contributed by atoms with Crippen molar-refractivity contribution in [3.8, 4) is 11.1 Å². The minimum atomic E-state index is -0.528. The summed E-state index contributed by atoms with van der Waals surface area (Å²) in [5.74, 6) is -1.22. The molecular formula is C16H13NO3. The average molecular weight is 267 g/mol. The van der Waals surface area contributed by atoms with E-state index in [0.29, 0.717) is 17.7 Å². The van der Waals surface area contributed by atoms with Gasteiger partial charge in [0.15, 0.2) is 0 Å². The Morgan fingerprint density at radius 3 is 2.40 bits per heavy atom. The van der Waals surface area contributed by atoms with Gasteiger partial charge in [-0.2, -0.15) is 0 Å². The molecule has 1 aliphatic heterocycles. The number of hydrogen-bond donors (Lipinski definition) is 1. The summed E-state index contributed by atoms with van der Waals surface area (Å²) in [5, 5.41) is 0. The van der Waals surface area contributed by atoms with E-state index in [-0.39, 0.29) is 11.9 Å². The SMILES string of the molecule is NC(=O)c1ccc(-c2ccccc2)cc1C1COC1=O. The van der Waals surface area contributed by atoms with Crippen LogP contribution in [0.4, 0.5) is 0 Å². The van der Waals surface area contributed by atoms with Crippen LogP contribution < -0.4 is 5.73 Å². The molecule has 2 aromatic carbocycles. The second kappa shape index (κ2) is 4.81. The Hall–Kier alpha value is -2.62. The zero-order chi connectivity index (χ0) is 14.1. The Bertz CT molecular complexity index is 679. The van der Waals surface area contributed by atoms with E-state index in [9.17, 15) is 9.59 Å². The van der Waals surface area contributed by atoms with E-state index < -0.39 is 5.91 Å². The molecule has 4 nitrogen and oxygen atoms in total. The molecule has 0 radical (unpaired) electrons. The number of carbonyl (C=O) groups is 2. The monoisotopic (exact) mass is 267 g/mol. The maximum atomic E-state index is 11.5. The minimum absolute atomic E-state index is 0.303. The Kier molecular flexibility index (Phi) is 2.99. The summed E-state index contributed by atoms with van der Waals surface area (Å²) in [4.78, 5) is 23.0. The first-order chi connectivity index (χ1) is 9.66. The van der Waals surface area contributed by atoms with E-state index in [4.69, 9.17) is 10.5 Å². The number of amides is 1. The standard InChI is InChI=1S/C16H13NO3/c17-15(18)12-7-6-11(10-4-2-1-3-5-10)8-13(12)14-9-20-16(14)19/h1-8,14H,9H2,(H2,17,18). The summed E-state index contributed by atoms with van der Waals surface area (Å²) in [5.41, 5.74) is 8.38. The lowest BCUT2D eigenvalue weighted by atomic mass is 9.89. The van der Waals surface area contributed by atoms with E-state index >= 15 is 0 Å². The topological polar surface area (TPSA) is 69.4 Å². The van der Waals surface area contributed by atoms with Crippen LogP contribution in [0.1, 0.15) is 21.8 Å². The van der Waals surface area contributed by atoms with Crippen molar-refractivity contribution in [1.82, 2.24) is 0 Å². The second-order valence-electron chi connectivity index (χ2n) is 4.71. The third-order valence-electron chi connectivity index (χ3n) is 3.48. The van der Waals surface area contributed by atoms with Crippen molar-refractivity contribution < 1.29 is 14.3 Å². The molecule has 1 unspecified atom stereocenters. The average Bonchev–Trinajstić information content (AvgIpc) is 2.46. The molecule has 1 atom stereocenters. The fourth-order valence-corrected chi connectivity index (χ4v) is 2.34. The number of nitrogens with two attached hydrogens (primary N) is 1. The molecule has 1 aliphatic rings. The number of carbonyl (C=O) groups excluding carboxylic acids is 2. The fraction of sp³-hybridized carbons (Fsp3) is 0.125. The highest BCUT2D eigenvalue weighted by atomic mass is 16.6. The summed E-state index contributed by atoms with van der Waals surface area (Å²) < 4.78 is 4.79. The summed E-state index contributed by atoms with van der Waals surface area (Å²) in [6.07, 6.45) is 0. The van der Waals surface area contributed by atoms with Crippen LogP contribution in [-0.2, 0) is 9.53 Å². The maximum Gasteiger partial charge on any atom is 0.316 e. The molecule has 3 rings (SSSR count). The number of hydrogen-bond acceptors (Lipinski definition) is 3. The third kappa shape index (κ3) is 2.05. The van der Waals surface area contributed by atoms with Crippen molar-refractivity contribution in [2.45, 2.75) is 5.92 Å². The van der Waals surface area contributed by atoms with Gasteiger partial charge in [-0.25, -0.2) is 0 Å². The van der Waals surface area contributed by atoms with Crippen molar-refractivity contribution >= 4 is 11.9 Å². The van der Waals surface area contributed by atoms with Gasteiger partial charge in [0.1, 0.15) is 12.5 Å². The van der Waals surface area contributed by atoms with Crippen molar-refractivity contribution in [3.05, 3.63) is 59.7 Å². The predicted molar refractivity (Wildman–Crippen MR) is 74.1 cm³/mol. The summed E-state index contributed by atoms with van der Waals surface area (Å²) in [6.45, 7) is 0.303. The second-order valence-corrected chi connectivity index (χ2v) is 4.71. The lowest BCUT2D eigenvalue weighted by molar-refractivity contribution is -0.161. The van der Waals surface area contributed by atoms with Crippen LogP contribution in [0.15, 0.2) is 48.5 Å². The predicted octanol–water partition coefficient (Wildman–Crippen LogP) is 2.09. The molecule has 20 heavy (non-hydrogen) atoms. The van der Waals surface area contributed by atoms with Crippen molar-refractivity contribution in [1.29, 1.82) is 0 Å². The van der Waals surface area contributed by atoms with Gasteiger partial charge in [-0.15, -0.1) is 0 Å². The van der Waals surface area contributed by atoms with E-state index in [1.54, 1.807) is 6.07 Å². The molecule has 0 spiro atoms. The summed E-state index contributed by atoms with van der Waals surface area (Å²) in [7, 11) is 0. The molecule has 0 aliphatic carbocycles. The number of ether oxygens (including phenoxy) is 1. The van der Waals surface area contributed by atoms with Gasteiger partial charge in [-0.3, -0.25) is 9.59 Å². The Morgan fingerprint density at radius 2 is 1.85 bits per heavy atom.